The van der Waals surface area contributed by atoms with E-state index in [-0.39, 0.29) is 16.6 Å². The number of aliphatic hydroxyl groups excluding tert-OH is 1. The van der Waals surface area contributed by atoms with Crippen molar-refractivity contribution in [3.05, 3.63) is 54.1 Å². The van der Waals surface area contributed by atoms with Crippen molar-refractivity contribution in [3.63, 3.8) is 0 Å². The number of benzene rings is 1. The van der Waals surface area contributed by atoms with Crippen LogP contribution in [-0.2, 0) is 9.84 Å². The van der Waals surface area contributed by atoms with Crippen molar-refractivity contribution >= 4 is 8.32 Å². The first-order chi connectivity index (χ1) is 14.6. The number of alkyl halides is 3. The molecule has 0 saturated heterocycles. The van der Waals surface area contributed by atoms with Crippen LogP contribution >= 0.6 is 0 Å². The van der Waals surface area contributed by atoms with Gasteiger partial charge in [0.1, 0.15) is 11.9 Å². The predicted molar refractivity (Wildman–Crippen MR) is 118 cm³/mol. The van der Waals surface area contributed by atoms with E-state index in [1.807, 2.05) is 6.92 Å². The van der Waals surface area contributed by atoms with Gasteiger partial charge in [-0.25, -0.2) is 9.97 Å². The van der Waals surface area contributed by atoms with Crippen LogP contribution in [0, 0.1) is 0 Å². The van der Waals surface area contributed by atoms with E-state index in [0.29, 0.717) is 18.4 Å². The fourth-order valence-electron chi connectivity index (χ4n) is 4.37. The van der Waals surface area contributed by atoms with E-state index in [4.69, 9.17) is 4.43 Å². The molecule has 0 bridgehead atoms. The maximum absolute atomic E-state index is 12.6. The summed E-state index contributed by atoms with van der Waals surface area (Å²) < 4.78 is 48.4. The van der Waals surface area contributed by atoms with Gasteiger partial charge in [-0.05, 0) is 61.7 Å². The van der Waals surface area contributed by atoms with Gasteiger partial charge in [0, 0.05) is 17.8 Å². The summed E-state index contributed by atoms with van der Waals surface area (Å²) in [4.78, 5) is 8.43. The zero-order valence-electron chi connectivity index (χ0n) is 19.3. The molecule has 1 aliphatic rings. The molecule has 1 aliphatic carbocycles. The maximum atomic E-state index is 12.6. The number of aliphatic hydroxyl groups is 1. The fraction of sp³-hybridized carbons (Fsp3) is 0.565. The summed E-state index contributed by atoms with van der Waals surface area (Å²) in [6.07, 6.45) is -1.69. The van der Waals surface area contributed by atoms with E-state index in [2.05, 4.69) is 48.6 Å². The molecule has 32 heavy (non-hydrogen) atoms. The first-order valence-electron chi connectivity index (χ1n) is 10.6. The number of hydrogen-bond acceptors (Lipinski definition) is 5. The third-order valence-corrected chi connectivity index (χ3v) is 11.3. The van der Waals surface area contributed by atoms with Gasteiger partial charge in [-0.1, -0.05) is 32.9 Å². The van der Waals surface area contributed by atoms with Crippen molar-refractivity contribution in [3.8, 4) is 5.75 Å². The van der Waals surface area contributed by atoms with Crippen molar-refractivity contribution in [2.75, 3.05) is 0 Å². The second kappa shape index (κ2) is 8.11. The Morgan fingerprint density at radius 3 is 2.03 bits per heavy atom. The van der Waals surface area contributed by atoms with Crippen LogP contribution in [0.3, 0.4) is 0 Å². The Bertz CT molecular complexity index is 922. The van der Waals surface area contributed by atoms with Crippen LogP contribution in [0.5, 0.6) is 5.75 Å². The largest absolute Gasteiger partial charge is 0.573 e. The Balaban J connectivity index is 1.93. The van der Waals surface area contributed by atoms with Crippen LogP contribution in [0.25, 0.3) is 0 Å². The molecule has 1 aromatic heterocycles. The Labute approximate surface area is 188 Å². The second-order valence-electron chi connectivity index (χ2n) is 10.4. The molecule has 3 rings (SSSR count). The number of ether oxygens (including phenoxy) is 1. The minimum Gasteiger partial charge on any atom is -0.412 e. The topological polar surface area (TPSA) is 64.5 Å². The van der Waals surface area contributed by atoms with Gasteiger partial charge in [0.2, 0.25) is 0 Å². The third kappa shape index (κ3) is 4.99. The van der Waals surface area contributed by atoms with Gasteiger partial charge in [-0.3, -0.25) is 0 Å². The van der Waals surface area contributed by atoms with E-state index in [0.717, 1.165) is 0 Å². The number of aromatic nitrogens is 2. The standard InChI is InChI=1S/C23H31F3N2O3Si/c1-20(2,3)32(5,6)31-21(4)14-22(15-21,18(29)19-27-12-7-13-28-19)16-8-10-17(11-9-16)30-23(24,25)26/h7-13,18,29H,14-15H2,1-6H3/t18-,21?,22?/m0/s1. The molecule has 1 saturated carbocycles. The van der Waals surface area contributed by atoms with Crippen LogP contribution in [0.15, 0.2) is 42.7 Å². The highest BCUT2D eigenvalue weighted by Crippen LogP contribution is 2.59. The Hall–Kier alpha value is -1.97. The summed E-state index contributed by atoms with van der Waals surface area (Å²) in [7, 11) is -2.08. The molecule has 0 spiro atoms. The van der Waals surface area contributed by atoms with E-state index in [1.165, 1.54) is 12.1 Å². The lowest BCUT2D eigenvalue weighted by Crippen LogP contribution is -2.61. The zero-order valence-corrected chi connectivity index (χ0v) is 20.3. The van der Waals surface area contributed by atoms with E-state index >= 15 is 0 Å². The molecule has 1 aromatic carbocycles. The van der Waals surface area contributed by atoms with Crippen molar-refractivity contribution in [1.82, 2.24) is 9.97 Å². The van der Waals surface area contributed by atoms with Gasteiger partial charge in [0.25, 0.3) is 0 Å². The molecule has 0 radical (unpaired) electrons. The number of halogens is 3. The van der Waals surface area contributed by atoms with Crippen LogP contribution in [0.2, 0.25) is 18.1 Å². The molecule has 2 aromatic rings. The van der Waals surface area contributed by atoms with Crippen molar-refractivity contribution in [2.45, 2.75) is 82.2 Å². The van der Waals surface area contributed by atoms with Gasteiger partial charge in [-0.15, -0.1) is 13.2 Å². The Morgan fingerprint density at radius 1 is 1.03 bits per heavy atom. The normalized spacial score (nSPS) is 25.2. The molecule has 0 amide bonds. The summed E-state index contributed by atoms with van der Waals surface area (Å²) in [5, 5.41) is 11.3. The quantitative estimate of drug-likeness (QED) is 0.533. The number of nitrogens with zero attached hydrogens (tertiary/aromatic N) is 2. The highest BCUT2D eigenvalue weighted by molar-refractivity contribution is 6.74. The summed E-state index contributed by atoms with van der Waals surface area (Å²) in [6, 6.07) is 7.34. The molecule has 5 nitrogen and oxygen atoms in total. The Kier molecular flexibility index (Phi) is 6.25. The smallest absolute Gasteiger partial charge is 0.412 e. The molecule has 1 fully saturated rings. The monoisotopic (exact) mass is 468 g/mol. The highest BCUT2D eigenvalue weighted by Gasteiger charge is 2.60. The molecule has 176 valence electrons. The fourth-order valence-corrected chi connectivity index (χ4v) is 6.05. The van der Waals surface area contributed by atoms with E-state index in [9.17, 15) is 18.3 Å². The van der Waals surface area contributed by atoms with Crippen LogP contribution < -0.4 is 4.74 Å². The Morgan fingerprint density at radius 2 is 1.56 bits per heavy atom. The zero-order chi connectivity index (χ0) is 24.0. The lowest BCUT2D eigenvalue weighted by molar-refractivity contribution is -0.274. The van der Waals surface area contributed by atoms with Crippen molar-refractivity contribution < 1.29 is 27.4 Å². The summed E-state index contributed by atoms with van der Waals surface area (Å²) >= 11 is 0. The summed E-state index contributed by atoms with van der Waals surface area (Å²) in [5.74, 6) is -0.0287. The molecule has 1 atom stereocenters. The molecular weight excluding hydrogens is 437 g/mol. The van der Waals surface area contributed by atoms with Crippen LogP contribution in [0.4, 0.5) is 13.2 Å². The number of rotatable bonds is 6. The molecule has 9 heteroatoms. The van der Waals surface area contributed by atoms with E-state index in [1.54, 1.807) is 30.6 Å². The minimum absolute atomic E-state index is 0.0198. The van der Waals surface area contributed by atoms with Crippen LogP contribution in [-0.4, -0.2) is 35.4 Å². The van der Waals surface area contributed by atoms with Gasteiger partial charge < -0.3 is 14.3 Å². The third-order valence-electron chi connectivity index (χ3n) is 6.70. The van der Waals surface area contributed by atoms with Gasteiger partial charge in [0.15, 0.2) is 14.1 Å². The molecule has 0 unspecified atom stereocenters. The molecular formula is C23H31F3N2O3Si. The maximum Gasteiger partial charge on any atom is 0.573 e. The molecule has 0 aliphatic heterocycles. The van der Waals surface area contributed by atoms with Crippen molar-refractivity contribution in [1.29, 1.82) is 0 Å². The van der Waals surface area contributed by atoms with Gasteiger partial charge in [0.05, 0.1) is 5.60 Å². The predicted octanol–water partition coefficient (Wildman–Crippen LogP) is 5.92. The average Bonchev–Trinajstić information content (AvgIpc) is 2.64. The highest BCUT2D eigenvalue weighted by atomic mass is 28.4. The lowest BCUT2D eigenvalue weighted by atomic mass is 9.54. The van der Waals surface area contributed by atoms with Gasteiger partial charge in [-0.2, -0.15) is 0 Å². The first-order valence-corrected chi connectivity index (χ1v) is 13.5. The molecule has 1 N–H and O–H groups in total. The minimum atomic E-state index is -4.76. The summed E-state index contributed by atoms with van der Waals surface area (Å²) in [6.45, 7) is 12.9. The summed E-state index contributed by atoms with van der Waals surface area (Å²) in [5.41, 5.74) is -0.557. The average molecular weight is 469 g/mol. The molecule has 1 heterocycles. The van der Waals surface area contributed by atoms with Gasteiger partial charge >= 0.3 is 6.36 Å². The first kappa shape index (κ1) is 24.7. The van der Waals surface area contributed by atoms with E-state index < -0.39 is 31.8 Å². The number of hydrogen-bond donors (Lipinski definition) is 1. The lowest BCUT2D eigenvalue weighted by Gasteiger charge is -2.59. The van der Waals surface area contributed by atoms with Crippen LogP contribution in [0.1, 0.15) is 58.0 Å². The van der Waals surface area contributed by atoms with Crippen molar-refractivity contribution in [2.24, 2.45) is 0 Å². The second-order valence-corrected chi connectivity index (χ2v) is 15.1. The SMILES string of the molecule is CC1(O[Si](C)(C)C(C)(C)C)CC(c2ccc(OC(F)(F)F)cc2)([C@@H](O)c2ncccn2)C1.